The van der Waals surface area contributed by atoms with Gasteiger partial charge in [0.25, 0.3) is 0 Å². The minimum atomic E-state index is 0.731. The number of anilines is 3. The fraction of sp³-hybridized carbons (Fsp3) is 0.238. The van der Waals surface area contributed by atoms with Crippen LogP contribution in [0.3, 0.4) is 0 Å². The first-order chi connectivity index (χ1) is 12.6. The maximum absolute atomic E-state index is 5.19. The van der Waals surface area contributed by atoms with E-state index in [2.05, 4.69) is 51.8 Å². The van der Waals surface area contributed by atoms with Crippen molar-refractivity contribution in [3.8, 4) is 5.75 Å². The Morgan fingerprint density at radius 1 is 0.923 bits per heavy atom. The van der Waals surface area contributed by atoms with E-state index in [0.29, 0.717) is 0 Å². The van der Waals surface area contributed by atoms with Crippen molar-refractivity contribution in [2.24, 2.45) is 0 Å². The molecule has 0 radical (unpaired) electrons. The van der Waals surface area contributed by atoms with Gasteiger partial charge in [0.15, 0.2) is 0 Å². The van der Waals surface area contributed by atoms with Crippen molar-refractivity contribution < 1.29 is 4.74 Å². The molecule has 0 fully saturated rings. The summed E-state index contributed by atoms with van der Waals surface area (Å²) in [7, 11) is 1.68. The number of aryl methyl sites for hydroxylation is 2. The van der Waals surface area contributed by atoms with Crippen molar-refractivity contribution in [2.45, 2.75) is 20.3 Å². The maximum atomic E-state index is 5.19. The first-order valence-electron chi connectivity index (χ1n) is 8.68. The Bertz CT molecular complexity index is 862. The second kappa shape index (κ2) is 8.34. The number of nitrogens with one attached hydrogen (secondary N) is 2. The molecule has 0 aliphatic carbocycles. The predicted octanol–water partition coefficient (Wildman–Crippen LogP) is 4.50. The summed E-state index contributed by atoms with van der Waals surface area (Å²) in [5.41, 5.74) is 3.48. The van der Waals surface area contributed by atoms with Crippen molar-refractivity contribution in [1.82, 2.24) is 9.97 Å². The highest BCUT2D eigenvalue weighted by Crippen LogP contribution is 2.18. The lowest BCUT2D eigenvalue weighted by atomic mass is 10.1. The van der Waals surface area contributed by atoms with Gasteiger partial charge in [0, 0.05) is 18.3 Å². The Morgan fingerprint density at radius 2 is 1.69 bits per heavy atom. The molecule has 2 N–H and O–H groups in total. The predicted molar refractivity (Wildman–Crippen MR) is 106 cm³/mol. The normalized spacial score (nSPS) is 10.4. The molecule has 3 aromatic rings. The minimum Gasteiger partial charge on any atom is -0.497 e. The zero-order valence-corrected chi connectivity index (χ0v) is 15.4. The topological polar surface area (TPSA) is 59.1 Å². The van der Waals surface area contributed by atoms with E-state index in [1.54, 1.807) is 7.11 Å². The summed E-state index contributed by atoms with van der Waals surface area (Å²) in [4.78, 5) is 8.94. The summed E-state index contributed by atoms with van der Waals surface area (Å²) < 4.78 is 5.19. The fourth-order valence-electron chi connectivity index (χ4n) is 2.72. The van der Waals surface area contributed by atoms with E-state index in [1.807, 2.05) is 37.3 Å². The van der Waals surface area contributed by atoms with Gasteiger partial charge in [-0.3, -0.25) is 0 Å². The Morgan fingerprint density at radius 3 is 2.42 bits per heavy atom. The smallest absolute Gasteiger partial charge is 0.136 e. The molecular formula is C21H24N4O. The minimum absolute atomic E-state index is 0.731. The molecule has 0 amide bonds. The molecule has 0 spiro atoms. The standard InChI is InChI=1S/C21H24N4O/c1-15-5-4-6-18(13-15)25-21-14-20(23-16(2)24-21)22-12-11-17-7-9-19(26-3)10-8-17/h4-10,13-14H,11-12H2,1-3H3,(H2,22,23,24,25). The molecule has 2 aromatic carbocycles. The zero-order chi connectivity index (χ0) is 18.4. The Kier molecular flexibility index (Phi) is 5.69. The molecule has 5 heteroatoms. The number of methoxy groups -OCH3 is 1. The van der Waals surface area contributed by atoms with Gasteiger partial charge in [0.1, 0.15) is 23.2 Å². The molecule has 5 nitrogen and oxygen atoms in total. The average Bonchev–Trinajstić information content (AvgIpc) is 2.62. The van der Waals surface area contributed by atoms with E-state index in [1.165, 1.54) is 11.1 Å². The molecule has 0 bridgehead atoms. The van der Waals surface area contributed by atoms with Gasteiger partial charge in [-0.15, -0.1) is 0 Å². The second-order valence-electron chi connectivity index (χ2n) is 6.20. The van der Waals surface area contributed by atoms with Crippen LogP contribution in [0.15, 0.2) is 54.6 Å². The first kappa shape index (κ1) is 17.7. The van der Waals surface area contributed by atoms with Crippen molar-refractivity contribution in [1.29, 1.82) is 0 Å². The summed E-state index contributed by atoms with van der Waals surface area (Å²) in [6, 6.07) is 18.3. The Hall–Kier alpha value is -3.08. The van der Waals surface area contributed by atoms with Crippen LogP contribution < -0.4 is 15.4 Å². The van der Waals surface area contributed by atoms with Gasteiger partial charge in [-0.25, -0.2) is 9.97 Å². The van der Waals surface area contributed by atoms with Gasteiger partial charge in [-0.2, -0.15) is 0 Å². The summed E-state index contributed by atoms with van der Waals surface area (Å²) in [5.74, 6) is 3.21. The highest BCUT2D eigenvalue weighted by atomic mass is 16.5. The van der Waals surface area contributed by atoms with Crippen molar-refractivity contribution in [3.05, 3.63) is 71.5 Å². The molecule has 1 heterocycles. The lowest BCUT2D eigenvalue weighted by Gasteiger charge is -2.11. The molecule has 0 saturated heterocycles. The van der Waals surface area contributed by atoms with Crippen LogP contribution in [0.25, 0.3) is 0 Å². The lowest BCUT2D eigenvalue weighted by molar-refractivity contribution is 0.414. The van der Waals surface area contributed by atoms with Crippen LogP contribution in [-0.2, 0) is 6.42 Å². The van der Waals surface area contributed by atoms with Gasteiger partial charge in [-0.1, -0.05) is 24.3 Å². The number of benzene rings is 2. The maximum Gasteiger partial charge on any atom is 0.136 e. The molecular weight excluding hydrogens is 324 g/mol. The van der Waals surface area contributed by atoms with Gasteiger partial charge in [0.05, 0.1) is 7.11 Å². The third-order valence-electron chi connectivity index (χ3n) is 4.01. The molecule has 0 unspecified atom stereocenters. The zero-order valence-electron chi connectivity index (χ0n) is 15.4. The number of ether oxygens (including phenoxy) is 1. The highest BCUT2D eigenvalue weighted by molar-refractivity contribution is 5.59. The van der Waals surface area contributed by atoms with E-state index in [0.717, 1.165) is 41.9 Å². The summed E-state index contributed by atoms with van der Waals surface area (Å²) in [6.45, 7) is 4.77. The summed E-state index contributed by atoms with van der Waals surface area (Å²) >= 11 is 0. The van der Waals surface area contributed by atoms with Crippen molar-refractivity contribution >= 4 is 17.3 Å². The van der Waals surface area contributed by atoms with Crippen LogP contribution in [0.2, 0.25) is 0 Å². The van der Waals surface area contributed by atoms with Gasteiger partial charge >= 0.3 is 0 Å². The molecule has 134 valence electrons. The molecule has 26 heavy (non-hydrogen) atoms. The number of nitrogens with zero attached hydrogens (tertiary/aromatic N) is 2. The van der Waals surface area contributed by atoms with Crippen LogP contribution in [0.5, 0.6) is 5.75 Å². The number of aromatic nitrogens is 2. The van der Waals surface area contributed by atoms with E-state index >= 15 is 0 Å². The van der Waals surface area contributed by atoms with Crippen LogP contribution in [0, 0.1) is 13.8 Å². The third-order valence-corrected chi connectivity index (χ3v) is 4.01. The number of hydrogen-bond donors (Lipinski definition) is 2. The van der Waals surface area contributed by atoms with Gasteiger partial charge in [-0.05, 0) is 55.7 Å². The second-order valence-corrected chi connectivity index (χ2v) is 6.20. The highest BCUT2D eigenvalue weighted by Gasteiger charge is 2.03. The van der Waals surface area contributed by atoms with Crippen LogP contribution in [0.4, 0.5) is 17.3 Å². The lowest BCUT2D eigenvalue weighted by Crippen LogP contribution is -2.08. The Balaban J connectivity index is 1.61. The van der Waals surface area contributed by atoms with Gasteiger partial charge < -0.3 is 15.4 Å². The monoisotopic (exact) mass is 348 g/mol. The third kappa shape index (κ3) is 4.96. The van der Waals surface area contributed by atoms with Crippen LogP contribution in [0.1, 0.15) is 17.0 Å². The van der Waals surface area contributed by atoms with E-state index < -0.39 is 0 Å². The van der Waals surface area contributed by atoms with E-state index in [9.17, 15) is 0 Å². The first-order valence-corrected chi connectivity index (χ1v) is 8.68. The van der Waals surface area contributed by atoms with Crippen LogP contribution >= 0.6 is 0 Å². The molecule has 0 aliphatic heterocycles. The van der Waals surface area contributed by atoms with E-state index in [-0.39, 0.29) is 0 Å². The number of rotatable bonds is 7. The molecule has 0 saturated carbocycles. The molecule has 3 rings (SSSR count). The SMILES string of the molecule is COc1ccc(CCNc2cc(Nc3cccc(C)c3)nc(C)n2)cc1. The fourth-order valence-corrected chi connectivity index (χ4v) is 2.72. The van der Waals surface area contributed by atoms with Crippen molar-refractivity contribution in [3.63, 3.8) is 0 Å². The molecule has 0 aliphatic rings. The largest absolute Gasteiger partial charge is 0.497 e. The summed E-state index contributed by atoms with van der Waals surface area (Å²) in [6.07, 6.45) is 0.910. The Labute approximate surface area is 154 Å². The molecule has 1 aromatic heterocycles. The van der Waals surface area contributed by atoms with Crippen molar-refractivity contribution in [2.75, 3.05) is 24.3 Å². The quantitative estimate of drug-likeness (QED) is 0.658. The van der Waals surface area contributed by atoms with Gasteiger partial charge in [0.2, 0.25) is 0 Å². The number of hydrogen-bond acceptors (Lipinski definition) is 5. The van der Waals surface area contributed by atoms with E-state index in [4.69, 9.17) is 4.74 Å². The molecule has 0 atom stereocenters. The summed E-state index contributed by atoms with van der Waals surface area (Å²) in [5, 5.41) is 6.72. The average molecular weight is 348 g/mol. The van der Waals surface area contributed by atoms with Crippen LogP contribution in [-0.4, -0.2) is 23.6 Å².